The molecule has 2 aliphatic heterocycles. The highest BCUT2D eigenvalue weighted by molar-refractivity contribution is 7.90. The predicted molar refractivity (Wildman–Crippen MR) is 134 cm³/mol. The molecular weight excluding hydrogens is 496 g/mol. The van der Waals surface area contributed by atoms with Crippen molar-refractivity contribution in [3.05, 3.63) is 35.9 Å². The zero-order valence-electron chi connectivity index (χ0n) is 21.8. The number of nitrogens with one attached hydrogen (secondary N) is 1. The summed E-state index contributed by atoms with van der Waals surface area (Å²) in [6.07, 6.45) is 2.34. The molecule has 2 saturated carbocycles. The van der Waals surface area contributed by atoms with Gasteiger partial charge in [-0.25, -0.2) is 12.7 Å². The fourth-order valence-electron chi connectivity index (χ4n) is 7.76. The molecule has 2 heterocycles. The van der Waals surface area contributed by atoms with Crippen molar-refractivity contribution in [3.63, 3.8) is 0 Å². The van der Waals surface area contributed by atoms with Crippen molar-refractivity contribution in [2.24, 2.45) is 28.6 Å². The topological polar surface area (TPSA) is 119 Å². The zero-order valence-corrected chi connectivity index (χ0v) is 22.6. The lowest BCUT2D eigenvalue weighted by molar-refractivity contribution is -0.160. The quantitative estimate of drug-likeness (QED) is 0.555. The van der Waals surface area contributed by atoms with Crippen LogP contribution in [0.15, 0.2) is 30.3 Å². The number of sulfonamides is 1. The number of carbonyl (C=O) groups is 3. The average Bonchev–Trinajstić information content (AvgIpc) is 3.50. The van der Waals surface area contributed by atoms with E-state index in [4.69, 9.17) is 9.47 Å². The maximum Gasteiger partial charge on any atom is 0.312 e. The fourth-order valence-corrected chi connectivity index (χ4v) is 10.3. The van der Waals surface area contributed by atoms with Crippen LogP contribution in [0.2, 0.25) is 0 Å². The van der Waals surface area contributed by atoms with Gasteiger partial charge in [0.15, 0.2) is 0 Å². The summed E-state index contributed by atoms with van der Waals surface area (Å²) in [7, 11) is -3.91. The molecule has 2 bridgehead atoms. The maximum absolute atomic E-state index is 14.2. The van der Waals surface area contributed by atoms with Gasteiger partial charge < -0.3 is 9.47 Å². The van der Waals surface area contributed by atoms with Crippen molar-refractivity contribution in [3.8, 4) is 0 Å². The van der Waals surface area contributed by atoms with Crippen LogP contribution >= 0.6 is 0 Å². The molecular formula is C27H36N2O7S. The minimum Gasteiger partial charge on any atom is -0.466 e. The van der Waals surface area contributed by atoms with Gasteiger partial charge in [0.05, 0.1) is 36.8 Å². The Labute approximate surface area is 218 Å². The van der Waals surface area contributed by atoms with Gasteiger partial charge >= 0.3 is 11.9 Å². The summed E-state index contributed by atoms with van der Waals surface area (Å²) in [5.74, 6) is -4.04. The van der Waals surface area contributed by atoms with Crippen molar-refractivity contribution in [1.82, 2.24) is 9.62 Å². The minimum absolute atomic E-state index is 0.0609. The molecule has 3 unspecified atom stereocenters. The molecule has 202 valence electrons. The zero-order chi connectivity index (χ0) is 26.8. The summed E-state index contributed by atoms with van der Waals surface area (Å²) < 4.78 is 38.9. The van der Waals surface area contributed by atoms with Gasteiger partial charge in [0.1, 0.15) is 6.04 Å². The second-order valence-corrected chi connectivity index (χ2v) is 13.2. The van der Waals surface area contributed by atoms with Crippen LogP contribution in [-0.4, -0.2) is 61.6 Å². The number of rotatable bonds is 6. The Bertz CT molecular complexity index is 1200. The molecule has 4 aliphatic rings. The van der Waals surface area contributed by atoms with Crippen molar-refractivity contribution in [1.29, 1.82) is 0 Å². The Hall–Kier alpha value is -2.46. The number of carbonyl (C=O) groups excluding carboxylic acids is 3. The molecule has 37 heavy (non-hydrogen) atoms. The Morgan fingerprint density at radius 2 is 1.65 bits per heavy atom. The molecule has 1 aromatic carbocycles. The first kappa shape index (κ1) is 26.2. The number of hydrogen-bond acceptors (Lipinski definition) is 8. The van der Waals surface area contributed by atoms with Crippen LogP contribution in [0, 0.1) is 28.6 Å². The Morgan fingerprint density at radius 1 is 1.03 bits per heavy atom. The highest BCUT2D eigenvalue weighted by Gasteiger charge is 2.73. The van der Waals surface area contributed by atoms with Gasteiger partial charge in [0.25, 0.3) is 5.91 Å². The van der Waals surface area contributed by atoms with Gasteiger partial charge in [-0.1, -0.05) is 44.2 Å². The van der Waals surface area contributed by atoms with Crippen LogP contribution < -0.4 is 5.32 Å². The maximum atomic E-state index is 14.2. The molecule has 9 nitrogen and oxygen atoms in total. The third-order valence-corrected chi connectivity index (χ3v) is 11.5. The summed E-state index contributed by atoms with van der Waals surface area (Å²) in [6, 6.07) is 6.64. The highest BCUT2D eigenvalue weighted by atomic mass is 32.2. The van der Waals surface area contributed by atoms with E-state index in [1.807, 2.05) is 6.07 Å². The number of benzene rings is 1. The standard InChI is InChI=1S/C27H36N2O7S/c1-5-35-24(31)19-20(25(32)36-6-2)22(28-21(19)16-10-8-7-9-11-16)23(30)29-18-14-17-12-13-27(18,26(17,3)4)15-37(29,33)34/h7-11,17-22,28H,5-6,12-15H2,1-4H3/t17?,18?,19-,20+,21-,22-,27?/m0/s1. The number of nitrogens with zero attached hydrogens (tertiary/aromatic N) is 1. The average molecular weight is 533 g/mol. The first-order valence-electron chi connectivity index (χ1n) is 13.2. The number of ether oxygens (including phenoxy) is 2. The third-order valence-electron chi connectivity index (χ3n) is 9.63. The normalized spacial score (nSPS) is 36.8. The lowest BCUT2D eigenvalue weighted by Crippen LogP contribution is -2.53. The molecule has 0 aromatic heterocycles. The molecule has 10 heteroatoms. The van der Waals surface area contributed by atoms with E-state index < -0.39 is 63.2 Å². The lowest BCUT2D eigenvalue weighted by Gasteiger charge is -2.37. The Balaban J connectivity index is 1.57. The third kappa shape index (κ3) is 3.73. The van der Waals surface area contributed by atoms with E-state index >= 15 is 0 Å². The second-order valence-electron chi connectivity index (χ2n) is 11.3. The molecule has 1 spiro atoms. The van der Waals surface area contributed by atoms with Crippen LogP contribution in [0.3, 0.4) is 0 Å². The summed E-state index contributed by atoms with van der Waals surface area (Å²) in [6.45, 7) is 7.72. The monoisotopic (exact) mass is 532 g/mol. The van der Waals surface area contributed by atoms with Gasteiger partial charge in [0, 0.05) is 11.5 Å². The molecule has 1 N–H and O–H groups in total. The number of esters is 2. The van der Waals surface area contributed by atoms with Crippen molar-refractivity contribution in [2.45, 2.75) is 65.1 Å². The lowest BCUT2D eigenvalue weighted by atomic mass is 9.69. The van der Waals surface area contributed by atoms with E-state index in [0.29, 0.717) is 17.9 Å². The van der Waals surface area contributed by atoms with Crippen LogP contribution in [0.25, 0.3) is 0 Å². The van der Waals surface area contributed by atoms with Crippen LogP contribution in [-0.2, 0) is 33.9 Å². The second kappa shape index (κ2) is 9.08. The molecule has 0 radical (unpaired) electrons. The van der Waals surface area contributed by atoms with Gasteiger partial charge in [-0.05, 0) is 50.0 Å². The van der Waals surface area contributed by atoms with E-state index in [1.54, 1.807) is 38.1 Å². The molecule has 4 fully saturated rings. The van der Waals surface area contributed by atoms with Gasteiger partial charge in [-0.3, -0.25) is 19.7 Å². The van der Waals surface area contributed by atoms with Crippen molar-refractivity contribution in [2.75, 3.05) is 19.0 Å². The van der Waals surface area contributed by atoms with Crippen molar-refractivity contribution < 1.29 is 32.3 Å². The molecule has 5 rings (SSSR count). The smallest absolute Gasteiger partial charge is 0.312 e. The molecule has 2 aliphatic carbocycles. The van der Waals surface area contributed by atoms with Crippen molar-refractivity contribution >= 4 is 27.9 Å². The SMILES string of the molecule is CCOC(=O)[C@@H]1[C@H](C(=O)OCC)[C@H](c2ccccc2)N[C@@H]1C(=O)N1C2CC3CCC2(CS1(=O)=O)C3(C)C. The van der Waals surface area contributed by atoms with Crippen LogP contribution in [0.5, 0.6) is 0 Å². The van der Waals surface area contributed by atoms with E-state index in [1.165, 1.54) is 0 Å². The highest BCUT2D eigenvalue weighted by Crippen LogP contribution is 2.70. The molecule has 7 atom stereocenters. The van der Waals surface area contributed by atoms with Gasteiger partial charge in [-0.15, -0.1) is 0 Å². The van der Waals surface area contributed by atoms with E-state index in [-0.39, 0.29) is 24.4 Å². The molecule has 1 amide bonds. The Morgan fingerprint density at radius 3 is 2.24 bits per heavy atom. The Kier molecular flexibility index (Phi) is 6.42. The van der Waals surface area contributed by atoms with E-state index in [0.717, 1.165) is 17.1 Å². The largest absolute Gasteiger partial charge is 0.466 e. The first-order chi connectivity index (χ1) is 17.5. The van der Waals surface area contributed by atoms with Gasteiger partial charge in [-0.2, -0.15) is 0 Å². The van der Waals surface area contributed by atoms with Gasteiger partial charge in [0.2, 0.25) is 10.0 Å². The summed E-state index contributed by atoms with van der Waals surface area (Å²) >= 11 is 0. The van der Waals surface area contributed by atoms with Crippen LogP contribution in [0.1, 0.15) is 58.6 Å². The summed E-state index contributed by atoms with van der Waals surface area (Å²) in [4.78, 5) is 40.8. The first-order valence-corrected chi connectivity index (χ1v) is 14.8. The van der Waals surface area contributed by atoms with Crippen LogP contribution in [0.4, 0.5) is 0 Å². The molecule has 2 saturated heterocycles. The summed E-state index contributed by atoms with van der Waals surface area (Å²) in [5.41, 5.74) is -0.000485. The number of hydrogen-bond donors (Lipinski definition) is 1. The van der Waals surface area contributed by atoms with E-state index in [2.05, 4.69) is 19.2 Å². The fraction of sp³-hybridized carbons (Fsp3) is 0.667. The minimum atomic E-state index is -3.91. The molecule has 1 aromatic rings. The number of amides is 1. The predicted octanol–water partition coefficient (Wildman–Crippen LogP) is 2.42. The van der Waals surface area contributed by atoms with E-state index in [9.17, 15) is 22.8 Å². The number of fused-ring (bicyclic) bond motifs is 1. The summed E-state index contributed by atoms with van der Waals surface area (Å²) in [5, 5.41) is 3.19.